The number of carbonyl (C=O) groups is 4. The summed E-state index contributed by atoms with van der Waals surface area (Å²) in [4.78, 5) is 43.9. The molecule has 1 atom stereocenters. The monoisotopic (exact) mass is 259 g/mol. The van der Waals surface area contributed by atoms with Crippen molar-refractivity contribution in [3.63, 3.8) is 0 Å². The van der Waals surface area contributed by atoms with Crippen molar-refractivity contribution in [3.8, 4) is 0 Å². The maximum atomic E-state index is 11.1. The summed E-state index contributed by atoms with van der Waals surface area (Å²) in [7, 11) is 0. The Morgan fingerprint density at radius 1 is 1.33 bits per heavy atom. The largest absolute Gasteiger partial charge is 0.511 e. The van der Waals surface area contributed by atoms with Crippen molar-refractivity contribution in [2.45, 2.75) is 26.4 Å². The van der Waals surface area contributed by atoms with Gasteiger partial charge in [-0.05, 0) is 0 Å². The molecule has 1 fully saturated rings. The van der Waals surface area contributed by atoms with Crippen LogP contribution in [0.25, 0.3) is 0 Å². The average Bonchev–Trinajstić information content (AvgIpc) is 2.57. The highest BCUT2D eigenvalue weighted by Crippen LogP contribution is 2.07. The summed E-state index contributed by atoms with van der Waals surface area (Å²) in [5, 5.41) is 1.97. The molecule has 1 N–H and O–H groups in total. The third-order valence-electron chi connectivity index (χ3n) is 2.01. The molecule has 0 aromatic heterocycles. The van der Waals surface area contributed by atoms with Crippen LogP contribution in [-0.2, 0) is 28.6 Å². The molecule has 2 amide bonds. The van der Waals surface area contributed by atoms with Crippen LogP contribution in [0.1, 0.15) is 20.3 Å². The quantitative estimate of drug-likeness (QED) is 0.420. The van der Waals surface area contributed by atoms with E-state index in [9.17, 15) is 19.2 Å². The van der Waals surface area contributed by atoms with E-state index in [2.05, 4.69) is 14.2 Å². The molecule has 1 unspecified atom stereocenters. The van der Waals surface area contributed by atoms with Gasteiger partial charge in [0.15, 0.2) is 6.10 Å². The fourth-order valence-corrected chi connectivity index (χ4v) is 1.08. The molecule has 0 radical (unpaired) electrons. The van der Waals surface area contributed by atoms with E-state index in [4.69, 9.17) is 0 Å². The Hall–Kier alpha value is -2.12. The van der Waals surface area contributed by atoms with Crippen LogP contribution < -0.4 is 5.32 Å². The Bertz CT molecular complexity index is 376. The highest BCUT2D eigenvalue weighted by atomic mass is 16.8. The second-order valence-electron chi connectivity index (χ2n) is 3.85. The molecule has 8 nitrogen and oxygen atoms in total. The molecule has 100 valence electrons. The SMILES string of the molecule is CC(C)C(=O)OCOC(=O)OC1CC(=O)NC1=O. The van der Waals surface area contributed by atoms with Gasteiger partial charge in [-0.3, -0.25) is 19.7 Å². The van der Waals surface area contributed by atoms with Gasteiger partial charge in [0.2, 0.25) is 12.7 Å². The Labute approximate surface area is 103 Å². The normalized spacial score (nSPS) is 18.5. The standard InChI is InChI=1S/C10H13NO7/c1-5(2)9(14)16-4-17-10(15)18-6-3-7(12)11-8(6)13/h5-6H,3-4H2,1-2H3,(H,11,12,13). The Morgan fingerprint density at radius 2 is 2.00 bits per heavy atom. The van der Waals surface area contributed by atoms with Crippen LogP contribution in [0.15, 0.2) is 0 Å². The van der Waals surface area contributed by atoms with Crippen LogP contribution in [0.2, 0.25) is 0 Å². The molecule has 0 aromatic carbocycles. The lowest BCUT2D eigenvalue weighted by Gasteiger charge is -2.10. The van der Waals surface area contributed by atoms with Crippen LogP contribution in [0.4, 0.5) is 4.79 Å². The summed E-state index contributed by atoms with van der Waals surface area (Å²) in [6.07, 6.45) is -2.60. The van der Waals surface area contributed by atoms with E-state index in [1.165, 1.54) is 0 Å². The van der Waals surface area contributed by atoms with E-state index >= 15 is 0 Å². The molecule has 0 aliphatic carbocycles. The van der Waals surface area contributed by atoms with Gasteiger partial charge in [0.25, 0.3) is 5.91 Å². The number of rotatable bonds is 4. The second-order valence-corrected chi connectivity index (χ2v) is 3.85. The zero-order chi connectivity index (χ0) is 13.7. The highest BCUT2D eigenvalue weighted by Gasteiger charge is 2.34. The first-order valence-electron chi connectivity index (χ1n) is 5.24. The van der Waals surface area contributed by atoms with Crippen LogP contribution in [0.5, 0.6) is 0 Å². The molecule has 0 bridgehead atoms. The fourth-order valence-electron chi connectivity index (χ4n) is 1.08. The van der Waals surface area contributed by atoms with Gasteiger partial charge in [-0.2, -0.15) is 0 Å². The molecule has 0 spiro atoms. The number of ether oxygens (including phenoxy) is 3. The summed E-state index contributed by atoms with van der Waals surface area (Å²) in [6, 6.07) is 0. The molecule has 0 saturated carbocycles. The maximum Gasteiger partial charge on any atom is 0.511 e. The molecular formula is C10H13NO7. The van der Waals surface area contributed by atoms with Crippen LogP contribution in [0, 0.1) is 5.92 Å². The van der Waals surface area contributed by atoms with E-state index in [1.54, 1.807) is 13.8 Å². The smallest absolute Gasteiger partial charge is 0.427 e. The van der Waals surface area contributed by atoms with Crippen molar-refractivity contribution in [1.29, 1.82) is 0 Å². The van der Waals surface area contributed by atoms with Crippen molar-refractivity contribution in [2.24, 2.45) is 5.92 Å². The van der Waals surface area contributed by atoms with E-state index < -0.39 is 36.8 Å². The van der Waals surface area contributed by atoms with Crippen molar-refractivity contribution in [2.75, 3.05) is 6.79 Å². The average molecular weight is 259 g/mol. The second kappa shape index (κ2) is 5.99. The van der Waals surface area contributed by atoms with Crippen molar-refractivity contribution >= 4 is 23.9 Å². The van der Waals surface area contributed by atoms with Crippen LogP contribution >= 0.6 is 0 Å². The predicted octanol–water partition coefficient (Wildman–Crippen LogP) is -0.289. The number of nitrogens with one attached hydrogen (secondary N) is 1. The molecule has 1 rings (SSSR count). The van der Waals surface area contributed by atoms with Crippen molar-refractivity contribution < 1.29 is 33.4 Å². The highest BCUT2D eigenvalue weighted by molar-refractivity contribution is 6.05. The molecule has 1 saturated heterocycles. The number of esters is 1. The van der Waals surface area contributed by atoms with Crippen molar-refractivity contribution in [3.05, 3.63) is 0 Å². The van der Waals surface area contributed by atoms with Gasteiger partial charge in [-0.1, -0.05) is 13.8 Å². The minimum atomic E-state index is -1.19. The van der Waals surface area contributed by atoms with Gasteiger partial charge < -0.3 is 14.2 Å². The van der Waals surface area contributed by atoms with Gasteiger partial charge in [0.1, 0.15) is 0 Å². The maximum absolute atomic E-state index is 11.1. The summed E-state index contributed by atoms with van der Waals surface area (Å²) >= 11 is 0. The van der Waals surface area contributed by atoms with Gasteiger partial charge >= 0.3 is 12.1 Å². The Balaban J connectivity index is 2.24. The zero-order valence-corrected chi connectivity index (χ0v) is 9.93. The lowest BCUT2D eigenvalue weighted by Crippen LogP contribution is -2.29. The molecule has 1 aliphatic heterocycles. The number of hydrogen-bond acceptors (Lipinski definition) is 7. The first-order chi connectivity index (χ1) is 8.40. The summed E-state index contributed by atoms with van der Waals surface area (Å²) in [5.41, 5.74) is 0. The van der Waals surface area contributed by atoms with E-state index in [0.717, 1.165) is 0 Å². The molecule has 8 heteroatoms. The number of hydrogen-bond donors (Lipinski definition) is 1. The van der Waals surface area contributed by atoms with E-state index in [-0.39, 0.29) is 12.3 Å². The van der Waals surface area contributed by atoms with Gasteiger partial charge in [-0.15, -0.1) is 0 Å². The van der Waals surface area contributed by atoms with Gasteiger partial charge in [0, 0.05) is 0 Å². The summed E-state index contributed by atoms with van der Waals surface area (Å²) in [5.74, 6) is -2.10. The van der Waals surface area contributed by atoms with E-state index in [0.29, 0.717) is 0 Å². The summed E-state index contributed by atoms with van der Waals surface area (Å²) in [6.45, 7) is 2.64. The first-order valence-corrected chi connectivity index (χ1v) is 5.24. The number of carbonyl (C=O) groups excluding carboxylic acids is 4. The minimum absolute atomic E-state index is 0.236. The topological polar surface area (TPSA) is 108 Å². The van der Waals surface area contributed by atoms with Crippen LogP contribution in [0.3, 0.4) is 0 Å². The number of amides is 2. The summed E-state index contributed by atoms with van der Waals surface area (Å²) < 4.78 is 13.5. The van der Waals surface area contributed by atoms with Crippen LogP contribution in [-0.4, -0.2) is 36.8 Å². The molecule has 1 heterocycles. The van der Waals surface area contributed by atoms with E-state index in [1.807, 2.05) is 5.32 Å². The van der Waals surface area contributed by atoms with Gasteiger partial charge in [-0.25, -0.2) is 4.79 Å². The minimum Gasteiger partial charge on any atom is -0.427 e. The third-order valence-corrected chi connectivity index (χ3v) is 2.01. The first kappa shape index (κ1) is 13.9. The predicted molar refractivity (Wildman–Crippen MR) is 54.9 cm³/mol. The molecule has 0 aromatic rings. The molecule has 1 aliphatic rings. The molecular weight excluding hydrogens is 246 g/mol. The van der Waals surface area contributed by atoms with Gasteiger partial charge in [0.05, 0.1) is 12.3 Å². The Morgan fingerprint density at radius 3 is 2.50 bits per heavy atom. The lowest BCUT2D eigenvalue weighted by molar-refractivity contribution is -0.158. The fraction of sp³-hybridized carbons (Fsp3) is 0.600. The zero-order valence-electron chi connectivity index (χ0n) is 9.93. The third kappa shape index (κ3) is 4.04. The molecule has 18 heavy (non-hydrogen) atoms. The number of imide groups is 1. The lowest BCUT2D eigenvalue weighted by atomic mass is 10.2. The van der Waals surface area contributed by atoms with Crippen molar-refractivity contribution in [1.82, 2.24) is 5.32 Å². The Kier molecular flexibility index (Phi) is 4.64.